The maximum Gasteiger partial charge on any atom is 0.220 e. The second kappa shape index (κ2) is 9.04. The van der Waals surface area contributed by atoms with Crippen LogP contribution in [-0.4, -0.2) is 45.5 Å². The van der Waals surface area contributed by atoms with E-state index in [1.54, 1.807) is 18.2 Å². The van der Waals surface area contributed by atoms with Crippen LogP contribution in [0.3, 0.4) is 0 Å². The molecule has 1 unspecified atom stereocenters. The van der Waals surface area contributed by atoms with E-state index in [-0.39, 0.29) is 30.6 Å². The summed E-state index contributed by atoms with van der Waals surface area (Å²) >= 11 is 0. The molecule has 0 spiro atoms. The molecule has 0 saturated heterocycles. The molecule has 1 amide bonds. The molecule has 1 aromatic carbocycles. The number of ketones is 1. The van der Waals surface area contributed by atoms with E-state index in [9.17, 15) is 9.59 Å². The van der Waals surface area contributed by atoms with Crippen LogP contribution >= 0.6 is 0 Å². The Morgan fingerprint density at radius 2 is 1.82 bits per heavy atom. The van der Waals surface area contributed by atoms with Crippen LogP contribution < -0.4 is 20.1 Å². The largest absolute Gasteiger partial charge is 0.493 e. The highest BCUT2D eigenvalue weighted by Crippen LogP contribution is 2.28. The van der Waals surface area contributed by atoms with Gasteiger partial charge in [-0.3, -0.25) is 9.59 Å². The molecule has 22 heavy (non-hydrogen) atoms. The standard InChI is InChI=1S/C16H24N2O4/c1-11(17-2)10-18-16(20)8-6-13(19)12-5-7-14(21-3)15(9-12)22-4/h5,7,9,11,17H,6,8,10H2,1-4H3,(H,18,20). The smallest absolute Gasteiger partial charge is 0.220 e. The molecule has 6 nitrogen and oxygen atoms in total. The summed E-state index contributed by atoms with van der Waals surface area (Å²) < 4.78 is 10.3. The number of Topliss-reactive ketones (excluding diaryl/α,β-unsaturated/α-hetero) is 1. The van der Waals surface area contributed by atoms with Crippen molar-refractivity contribution in [3.63, 3.8) is 0 Å². The lowest BCUT2D eigenvalue weighted by atomic mass is 10.1. The van der Waals surface area contributed by atoms with Crippen LogP contribution in [0, 0.1) is 0 Å². The molecule has 0 aliphatic rings. The first-order valence-electron chi connectivity index (χ1n) is 7.21. The maximum absolute atomic E-state index is 12.1. The van der Waals surface area contributed by atoms with Gasteiger partial charge in [0.05, 0.1) is 14.2 Å². The number of rotatable bonds is 9. The summed E-state index contributed by atoms with van der Waals surface area (Å²) in [6.07, 6.45) is 0.332. The molecule has 0 heterocycles. The third-order valence-electron chi connectivity index (χ3n) is 3.38. The van der Waals surface area contributed by atoms with Gasteiger partial charge in [-0.05, 0) is 32.2 Å². The van der Waals surface area contributed by atoms with E-state index in [2.05, 4.69) is 10.6 Å². The minimum absolute atomic E-state index is 0.0993. The van der Waals surface area contributed by atoms with Crippen molar-refractivity contribution in [1.82, 2.24) is 10.6 Å². The summed E-state index contributed by atoms with van der Waals surface area (Å²) in [5, 5.41) is 5.81. The van der Waals surface area contributed by atoms with Gasteiger partial charge in [-0.1, -0.05) is 0 Å². The van der Waals surface area contributed by atoms with E-state index < -0.39 is 0 Å². The molecule has 0 aliphatic heterocycles. The van der Waals surface area contributed by atoms with Crippen molar-refractivity contribution >= 4 is 11.7 Å². The summed E-state index contributed by atoms with van der Waals surface area (Å²) in [7, 11) is 4.88. The number of likely N-dealkylation sites (N-methyl/N-ethyl adjacent to an activating group) is 1. The molecule has 2 N–H and O–H groups in total. The average molecular weight is 308 g/mol. The van der Waals surface area contributed by atoms with E-state index in [4.69, 9.17) is 9.47 Å². The number of amides is 1. The molecular formula is C16H24N2O4. The Kier molecular flexibility index (Phi) is 7.39. The van der Waals surface area contributed by atoms with Crippen molar-refractivity contribution in [3.8, 4) is 11.5 Å². The Bertz CT molecular complexity index is 517. The number of ether oxygens (including phenoxy) is 2. The van der Waals surface area contributed by atoms with Gasteiger partial charge in [-0.15, -0.1) is 0 Å². The van der Waals surface area contributed by atoms with Crippen molar-refractivity contribution in [2.24, 2.45) is 0 Å². The molecular weight excluding hydrogens is 284 g/mol. The summed E-state index contributed by atoms with van der Waals surface area (Å²) in [5.41, 5.74) is 0.508. The third kappa shape index (κ3) is 5.37. The zero-order valence-corrected chi connectivity index (χ0v) is 13.6. The molecule has 0 saturated carbocycles. The van der Waals surface area contributed by atoms with Crippen molar-refractivity contribution in [3.05, 3.63) is 23.8 Å². The van der Waals surface area contributed by atoms with Crippen LogP contribution in [0.1, 0.15) is 30.1 Å². The van der Waals surface area contributed by atoms with Crippen molar-refractivity contribution < 1.29 is 19.1 Å². The Morgan fingerprint density at radius 1 is 1.14 bits per heavy atom. The number of hydrogen-bond donors (Lipinski definition) is 2. The number of carbonyl (C=O) groups is 2. The maximum atomic E-state index is 12.1. The number of carbonyl (C=O) groups excluding carboxylic acids is 2. The molecule has 0 aromatic heterocycles. The second-order valence-electron chi connectivity index (χ2n) is 4.99. The van der Waals surface area contributed by atoms with Crippen LogP contribution in [0.15, 0.2) is 18.2 Å². The molecule has 6 heteroatoms. The zero-order chi connectivity index (χ0) is 16.5. The van der Waals surface area contributed by atoms with Gasteiger partial charge in [-0.25, -0.2) is 0 Å². The fraction of sp³-hybridized carbons (Fsp3) is 0.500. The monoisotopic (exact) mass is 308 g/mol. The first kappa shape index (κ1) is 18.0. The van der Waals surface area contributed by atoms with E-state index in [0.29, 0.717) is 23.6 Å². The van der Waals surface area contributed by atoms with E-state index in [1.807, 2.05) is 14.0 Å². The number of hydrogen-bond acceptors (Lipinski definition) is 5. The Morgan fingerprint density at radius 3 is 2.41 bits per heavy atom. The second-order valence-corrected chi connectivity index (χ2v) is 4.99. The third-order valence-corrected chi connectivity index (χ3v) is 3.38. The van der Waals surface area contributed by atoms with Gasteiger partial charge in [0.25, 0.3) is 0 Å². The fourth-order valence-corrected chi connectivity index (χ4v) is 1.84. The van der Waals surface area contributed by atoms with Crippen LogP contribution in [-0.2, 0) is 4.79 Å². The minimum atomic E-state index is -0.129. The van der Waals surface area contributed by atoms with Gasteiger partial charge < -0.3 is 20.1 Å². The Hall–Kier alpha value is -2.08. The van der Waals surface area contributed by atoms with Crippen LogP contribution in [0.4, 0.5) is 0 Å². The molecule has 0 bridgehead atoms. The highest BCUT2D eigenvalue weighted by Gasteiger charge is 2.13. The highest BCUT2D eigenvalue weighted by atomic mass is 16.5. The van der Waals surface area contributed by atoms with Gasteiger partial charge in [0.2, 0.25) is 5.91 Å². The zero-order valence-electron chi connectivity index (χ0n) is 13.6. The molecule has 0 aliphatic carbocycles. The molecule has 0 radical (unpaired) electrons. The normalized spacial score (nSPS) is 11.6. The summed E-state index contributed by atoms with van der Waals surface area (Å²) in [5.74, 6) is 0.840. The minimum Gasteiger partial charge on any atom is -0.493 e. The Balaban J connectivity index is 2.53. The van der Waals surface area contributed by atoms with E-state index in [0.717, 1.165) is 0 Å². The topological polar surface area (TPSA) is 76.7 Å². The lowest BCUT2D eigenvalue weighted by Crippen LogP contribution is -2.37. The van der Waals surface area contributed by atoms with Gasteiger partial charge in [0.15, 0.2) is 17.3 Å². The van der Waals surface area contributed by atoms with E-state index >= 15 is 0 Å². The highest BCUT2D eigenvalue weighted by molar-refractivity contribution is 5.98. The van der Waals surface area contributed by atoms with Gasteiger partial charge in [0, 0.05) is 31.0 Å². The van der Waals surface area contributed by atoms with E-state index in [1.165, 1.54) is 14.2 Å². The van der Waals surface area contributed by atoms with Crippen LogP contribution in [0.5, 0.6) is 11.5 Å². The lowest BCUT2D eigenvalue weighted by Gasteiger charge is -2.11. The molecule has 122 valence electrons. The molecule has 1 atom stereocenters. The quantitative estimate of drug-likeness (QED) is 0.674. The van der Waals surface area contributed by atoms with Crippen molar-refractivity contribution in [2.75, 3.05) is 27.8 Å². The van der Waals surface area contributed by atoms with Crippen LogP contribution in [0.2, 0.25) is 0 Å². The predicted octanol–water partition coefficient (Wildman–Crippen LogP) is 1.39. The first-order valence-corrected chi connectivity index (χ1v) is 7.21. The summed E-state index contributed by atoms with van der Waals surface area (Å²) in [6, 6.07) is 5.18. The number of methoxy groups -OCH3 is 2. The first-order chi connectivity index (χ1) is 10.5. The molecule has 1 rings (SSSR count). The number of benzene rings is 1. The Labute approximate surface area is 131 Å². The van der Waals surface area contributed by atoms with Crippen molar-refractivity contribution in [2.45, 2.75) is 25.8 Å². The van der Waals surface area contributed by atoms with Crippen LogP contribution in [0.25, 0.3) is 0 Å². The number of nitrogens with one attached hydrogen (secondary N) is 2. The average Bonchev–Trinajstić information content (AvgIpc) is 2.56. The molecule has 1 aromatic rings. The SMILES string of the molecule is CNC(C)CNC(=O)CCC(=O)c1ccc(OC)c(OC)c1. The van der Waals surface area contributed by atoms with Gasteiger partial charge in [-0.2, -0.15) is 0 Å². The lowest BCUT2D eigenvalue weighted by molar-refractivity contribution is -0.121. The fourth-order valence-electron chi connectivity index (χ4n) is 1.84. The van der Waals surface area contributed by atoms with Crippen molar-refractivity contribution in [1.29, 1.82) is 0 Å². The summed E-state index contributed by atoms with van der Waals surface area (Å²) in [6.45, 7) is 2.51. The summed E-state index contributed by atoms with van der Waals surface area (Å²) in [4.78, 5) is 23.8. The van der Waals surface area contributed by atoms with Gasteiger partial charge in [0.1, 0.15) is 0 Å². The predicted molar refractivity (Wildman–Crippen MR) is 84.6 cm³/mol. The van der Waals surface area contributed by atoms with Gasteiger partial charge >= 0.3 is 0 Å². The molecule has 0 fully saturated rings.